The Hall–Kier alpha value is -2.80. The van der Waals surface area contributed by atoms with Gasteiger partial charge in [0, 0.05) is 41.2 Å². The second-order valence-electron chi connectivity index (χ2n) is 5.76. The summed E-state index contributed by atoms with van der Waals surface area (Å²) in [5.41, 5.74) is 2.39. The number of benzene rings is 1. The molecule has 6 nitrogen and oxygen atoms in total. The third kappa shape index (κ3) is 4.23. The molecule has 0 bridgehead atoms. The molecule has 0 unspecified atom stereocenters. The van der Waals surface area contributed by atoms with Crippen LogP contribution in [0.4, 0.5) is 0 Å². The predicted molar refractivity (Wildman–Crippen MR) is 102 cm³/mol. The van der Waals surface area contributed by atoms with Gasteiger partial charge in [0.05, 0.1) is 17.8 Å². The molecule has 0 radical (unpaired) electrons. The highest BCUT2D eigenvalue weighted by molar-refractivity contribution is 7.11. The molecule has 1 N–H and O–H groups in total. The average molecular weight is 368 g/mol. The summed E-state index contributed by atoms with van der Waals surface area (Å²) >= 11 is 1.67. The van der Waals surface area contributed by atoms with Gasteiger partial charge in [0.15, 0.2) is 5.82 Å². The van der Waals surface area contributed by atoms with Gasteiger partial charge in [-0.25, -0.2) is 9.97 Å². The van der Waals surface area contributed by atoms with Crippen molar-refractivity contribution < 1.29 is 9.53 Å². The molecule has 0 aliphatic rings. The lowest BCUT2D eigenvalue weighted by atomic mass is 10.1. The van der Waals surface area contributed by atoms with Crippen molar-refractivity contribution in [3.63, 3.8) is 0 Å². The Morgan fingerprint density at radius 3 is 2.81 bits per heavy atom. The molecule has 134 valence electrons. The average Bonchev–Trinajstić information content (AvgIpc) is 2.99. The molecule has 0 spiro atoms. The van der Waals surface area contributed by atoms with Crippen LogP contribution in [0.5, 0.6) is 5.88 Å². The third-order valence-corrected chi connectivity index (χ3v) is 5.05. The Morgan fingerprint density at radius 1 is 1.23 bits per heavy atom. The topological polar surface area (TPSA) is 77.0 Å². The molecule has 0 aliphatic carbocycles. The van der Waals surface area contributed by atoms with Gasteiger partial charge < -0.3 is 10.1 Å². The fourth-order valence-corrected chi connectivity index (χ4v) is 3.36. The fourth-order valence-electron chi connectivity index (χ4n) is 2.43. The van der Waals surface area contributed by atoms with Crippen LogP contribution in [0, 0.1) is 13.8 Å². The zero-order valence-corrected chi connectivity index (χ0v) is 15.8. The Bertz CT molecular complexity index is 904. The molecule has 0 saturated heterocycles. The molecule has 3 aromatic rings. The van der Waals surface area contributed by atoms with Crippen LogP contribution in [-0.4, -0.2) is 34.5 Å². The maximum absolute atomic E-state index is 12.4. The van der Waals surface area contributed by atoms with E-state index in [9.17, 15) is 4.79 Å². The van der Waals surface area contributed by atoms with Crippen molar-refractivity contribution in [3.8, 4) is 17.3 Å². The monoisotopic (exact) mass is 368 g/mol. The summed E-state index contributed by atoms with van der Waals surface area (Å²) in [5, 5.41) is 3.98. The maximum atomic E-state index is 12.4. The number of nitrogens with one attached hydrogen (secondary N) is 1. The summed E-state index contributed by atoms with van der Waals surface area (Å²) in [4.78, 5) is 26.7. The number of thiazole rings is 1. The van der Waals surface area contributed by atoms with Crippen LogP contribution >= 0.6 is 11.3 Å². The van der Waals surface area contributed by atoms with Gasteiger partial charge in [0.1, 0.15) is 0 Å². The Morgan fingerprint density at radius 2 is 2.08 bits per heavy atom. The van der Waals surface area contributed by atoms with E-state index in [4.69, 9.17) is 4.74 Å². The van der Waals surface area contributed by atoms with Gasteiger partial charge >= 0.3 is 0 Å². The van der Waals surface area contributed by atoms with Crippen LogP contribution in [-0.2, 0) is 6.42 Å². The quantitative estimate of drug-likeness (QED) is 0.723. The first-order chi connectivity index (χ1) is 12.6. The minimum absolute atomic E-state index is 0.125. The molecule has 26 heavy (non-hydrogen) atoms. The number of hydrogen-bond acceptors (Lipinski definition) is 6. The number of carbonyl (C=O) groups excluding carboxylic acids is 1. The second-order valence-corrected chi connectivity index (χ2v) is 7.05. The van der Waals surface area contributed by atoms with Gasteiger partial charge in [0.2, 0.25) is 5.88 Å². The van der Waals surface area contributed by atoms with Crippen LogP contribution in [0.3, 0.4) is 0 Å². The highest BCUT2D eigenvalue weighted by Gasteiger charge is 2.10. The van der Waals surface area contributed by atoms with E-state index in [-0.39, 0.29) is 5.91 Å². The molecule has 0 saturated carbocycles. The molecule has 0 atom stereocenters. The van der Waals surface area contributed by atoms with E-state index in [0.29, 0.717) is 23.8 Å². The van der Waals surface area contributed by atoms with Crippen LogP contribution in [0.15, 0.2) is 36.5 Å². The molecule has 0 fully saturated rings. The van der Waals surface area contributed by atoms with E-state index in [2.05, 4.69) is 27.2 Å². The van der Waals surface area contributed by atoms with Gasteiger partial charge in [-0.15, -0.1) is 11.3 Å². The van der Waals surface area contributed by atoms with Gasteiger partial charge in [-0.05, 0) is 26.0 Å². The number of hydrogen-bond donors (Lipinski definition) is 1. The number of aryl methyl sites for hydroxylation is 2. The molecule has 3 rings (SSSR count). The lowest BCUT2D eigenvalue weighted by molar-refractivity contribution is 0.0954. The van der Waals surface area contributed by atoms with E-state index in [1.165, 1.54) is 4.88 Å². The normalized spacial score (nSPS) is 10.6. The largest absolute Gasteiger partial charge is 0.481 e. The van der Waals surface area contributed by atoms with Crippen molar-refractivity contribution in [1.82, 2.24) is 20.3 Å². The Kier molecular flexibility index (Phi) is 5.58. The molecular formula is C19H20N4O2S. The smallest absolute Gasteiger partial charge is 0.251 e. The zero-order valence-electron chi connectivity index (χ0n) is 14.9. The first-order valence-corrected chi connectivity index (χ1v) is 9.07. The number of aromatic nitrogens is 3. The van der Waals surface area contributed by atoms with E-state index in [0.717, 1.165) is 22.7 Å². The summed E-state index contributed by atoms with van der Waals surface area (Å²) in [6, 6.07) is 8.92. The van der Waals surface area contributed by atoms with Gasteiger partial charge in [-0.2, -0.15) is 4.98 Å². The number of rotatable bonds is 6. The van der Waals surface area contributed by atoms with E-state index >= 15 is 0 Å². The zero-order chi connectivity index (χ0) is 18.5. The van der Waals surface area contributed by atoms with Crippen molar-refractivity contribution in [2.75, 3.05) is 13.7 Å². The van der Waals surface area contributed by atoms with E-state index in [1.807, 2.05) is 19.1 Å². The standard InChI is InChI=1S/C19H20N4O2S/c1-12-13(2)26-17(22-12)8-10-21-19(24)15-6-4-5-14(11-15)18-20-9-7-16(23-18)25-3/h4-7,9,11H,8,10H2,1-3H3,(H,21,24). The number of ether oxygens (including phenoxy) is 1. The summed E-state index contributed by atoms with van der Waals surface area (Å²) in [5.74, 6) is 0.881. The number of methoxy groups -OCH3 is 1. The molecule has 7 heteroatoms. The number of carbonyl (C=O) groups is 1. The predicted octanol–water partition coefficient (Wildman–Crippen LogP) is 3.20. The van der Waals surface area contributed by atoms with Crippen molar-refractivity contribution in [2.45, 2.75) is 20.3 Å². The van der Waals surface area contributed by atoms with Gasteiger partial charge in [0.25, 0.3) is 5.91 Å². The molecule has 2 aromatic heterocycles. The van der Waals surface area contributed by atoms with Crippen molar-refractivity contribution in [3.05, 3.63) is 57.7 Å². The van der Waals surface area contributed by atoms with Crippen molar-refractivity contribution in [1.29, 1.82) is 0 Å². The van der Waals surface area contributed by atoms with Crippen LogP contribution < -0.4 is 10.1 Å². The molecule has 1 aromatic carbocycles. The van der Waals surface area contributed by atoms with Gasteiger partial charge in [-0.1, -0.05) is 12.1 Å². The molecular weight excluding hydrogens is 348 g/mol. The third-order valence-electron chi connectivity index (χ3n) is 3.92. The number of amides is 1. The molecule has 1 amide bonds. The van der Waals surface area contributed by atoms with Gasteiger partial charge in [-0.3, -0.25) is 4.79 Å². The minimum atomic E-state index is -0.125. The van der Waals surface area contributed by atoms with Crippen molar-refractivity contribution >= 4 is 17.2 Å². The fraction of sp³-hybridized carbons (Fsp3) is 0.263. The van der Waals surface area contributed by atoms with Crippen molar-refractivity contribution in [2.24, 2.45) is 0 Å². The first-order valence-electron chi connectivity index (χ1n) is 8.25. The second kappa shape index (κ2) is 8.05. The summed E-state index contributed by atoms with van der Waals surface area (Å²) < 4.78 is 5.12. The molecule has 0 aliphatic heterocycles. The summed E-state index contributed by atoms with van der Waals surface area (Å²) in [6.07, 6.45) is 2.36. The van der Waals surface area contributed by atoms with Crippen LogP contribution in [0.1, 0.15) is 25.9 Å². The Balaban J connectivity index is 1.66. The van der Waals surface area contributed by atoms with E-state index < -0.39 is 0 Å². The number of nitrogens with zero attached hydrogens (tertiary/aromatic N) is 3. The lowest BCUT2D eigenvalue weighted by Gasteiger charge is -2.07. The lowest BCUT2D eigenvalue weighted by Crippen LogP contribution is -2.25. The SMILES string of the molecule is COc1ccnc(-c2cccc(C(=O)NCCc3nc(C)c(C)s3)c2)n1. The van der Waals surface area contributed by atoms with E-state index in [1.54, 1.807) is 42.8 Å². The molecule has 2 heterocycles. The summed E-state index contributed by atoms with van der Waals surface area (Å²) in [6.45, 7) is 4.60. The summed E-state index contributed by atoms with van der Waals surface area (Å²) in [7, 11) is 1.56. The maximum Gasteiger partial charge on any atom is 0.251 e. The first kappa shape index (κ1) is 18.0. The van der Waals surface area contributed by atoms with Crippen LogP contribution in [0.25, 0.3) is 11.4 Å². The van der Waals surface area contributed by atoms with Crippen LogP contribution in [0.2, 0.25) is 0 Å². The highest BCUT2D eigenvalue weighted by atomic mass is 32.1. The highest BCUT2D eigenvalue weighted by Crippen LogP contribution is 2.19. The Labute approximate surface area is 156 Å². The minimum Gasteiger partial charge on any atom is -0.481 e.